The second-order valence-corrected chi connectivity index (χ2v) is 3.13. The summed E-state index contributed by atoms with van der Waals surface area (Å²) in [5.41, 5.74) is 5.11. The molecule has 2 rings (SSSR count). The monoisotopic (exact) mass is 228 g/mol. The van der Waals surface area contributed by atoms with Crippen molar-refractivity contribution in [3.63, 3.8) is 0 Å². The number of hydrogen-bond donors (Lipinski definition) is 1. The summed E-state index contributed by atoms with van der Waals surface area (Å²) in [6.45, 7) is 0. The molecule has 2 N–H and O–H groups in total. The molecular weight excluding hydrogens is 221 g/mol. The van der Waals surface area contributed by atoms with Gasteiger partial charge in [-0.15, -0.1) is 5.10 Å². The molecule has 84 valence electrons. The van der Waals surface area contributed by atoms with Crippen LogP contribution >= 0.6 is 0 Å². The Kier molecular flexibility index (Phi) is 2.30. The van der Waals surface area contributed by atoms with Crippen LogP contribution in [0.1, 0.15) is 5.56 Å². The first-order chi connectivity index (χ1) is 7.47. The van der Waals surface area contributed by atoms with Crippen molar-refractivity contribution in [1.29, 1.82) is 0 Å². The zero-order chi connectivity index (χ0) is 11.8. The Morgan fingerprint density at radius 3 is 2.19 bits per heavy atom. The highest BCUT2D eigenvalue weighted by atomic mass is 19.4. The number of halogens is 3. The molecule has 0 atom stereocenters. The number of nitrogens with two attached hydrogens (primary N) is 1. The molecule has 0 unspecified atom stereocenters. The second-order valence-electron chi connectivity index (χ2n) is 3.13. The van der Waals surface area contributed by atoms with Crippen molar-refractivity contribution >= 4 is 5.82 Å². The minimum absolute atomic E-state index is 0.208. The maximum atomic E-state index is 12.3. The van der Waals surface area contributed by atoms with Crippen LogP contribution in [0.2, 0.25) is 0 Å². The smallest absolute Gasteiger partial charge is 0.381 e. The van der Waals surface area contributed by atoms with Crippen LogP contribution in [0.4, 0.5) is 19.0 Å². The molecule has 0 aliphatic carbocycles. The molecule has 4 nitrogen and oxygen atoms in total. The average Bonchev–Trinajstić information content (AvgIpc) is 2.64. The van der Waals surface area contributed by atoms with E-state index in [0.717, 1.165) is 12.1 Å². The third-order valence-electron chi connectivity index (χ3n) is 1.97. The molecule has 0 aliphatic heterocycles. The fraction of sp³-hybridized carbons (Fsp3) is 0.111. The molecule has 2 aromatic rings. The number of benzene rings is 1. The number of nitrogens with zero attached hydrogens (tertiary/aromatic N) is 3. The lowest BCUT2D eigenvalue weighted by atomic mass is 10.2. The van der Waals surface area contributed by atoms with E-state index in [0.29, 0.717) is 5.69 Å². The van der Waals surface area contributed by atoms with Crippen molar-refractivity contribution < 1.29 is 13.2 Å². The van der Waals surface area contributed by atoms with Crippen LogP contribution in [0.5, 0.6) is 0 Å². The Hall–Kier alpha value is -2.05. The van der Waals surface area contributed by atoms with E-state index >= 15 is 0 Å². The zero-order valence-corrected chi connectivity index (χ0v) is 7.94. The summed E-state index contributed by atoms with van der Waals surface area (Å²) in [7, 11) is 0. The predicted molar refractivity (Wildman–Crippen MR) is 50.8 cm³/mol. The van der Waals surface area contributed by atoms with E-state index in [1.54, 1.807) is 0 Å². The lowest BCUT2D eigenvalue weighted by molar-refractivity contribution is -0.137. The Balaban J connectivity index is 2.33. The molecule has 1 aromatic carbocycles. The number of rotatable bonds is 1. The number of nitrogen functional groups attached to an aromatic ring is 1. The molecule has 0 saturated heterocycles. The van der Waals surface area contributed by atoms with Gasteiger partial charge >= 0.3 is 6.18 Å². The fourth-order valence-corrected chi connectivity index (χ4v) is 1.21. The normalized spacial score (nSPS) is 11.7. The fourth-order valence-electron chi connectivity index (χ4n) is 1.21. The number of aromatic nitrogens is 3. The molecule has 1 aromatic heterocycles. The predicted octanol–water partition coefficient (Wildman–Crippen LogP) is 1.87. The van der Waals surface area contributed by atoms with E-state index < -0.39 is 11.7 Å². The van der Waals surface area contributed by atoms with Gasteiger partial charge in [-0.25, -0.2) is 4.68 Å². The number of hydrogen-bond acceptors (Lipinski definition) is 3. The van der Waals surface area contributed by atoms with Crippen LogP contribution in [0, 0.1) is 0 Å². The van der Waals surface area contributed by atoms with Crippen LogP contribution in [0.3, 0.4) is 0 Å². The van der Waals surface area contributed by atoms with Crippen molar-refractivity contribution in [3.8, 4) is 5.69 Å². The maximum Gasteiger partial charge on any atom is 0.416 e. The third kappa shape index (κ3) is 1.97. The molecule has 0 saturated carbocycles. The van der Waals surface area contributed by atoms with Gasteiger partial charge in [0.15, 0.2) is 5.82 Å². The summed E-state index contributed by atoms with van der Waals surface area (Å²) in [4.78, 5) is 0. The van der Waals surface area contributed by atoms with Gasteiger partial charge in [0.2, 0.25) is 0 Å². The van der Waals surface area contributed by atoms with Crippen LogP contribution in [0.15, 0.2) is 30.5 Å². The largest absolute Gasteiger partial charge is 0.416 e. The Morgan fingerprint density at radius 1 is 1.12 bits per heavy atom. The number of anilines is 1. The van der Waals surface area contributed by atoms with Crippen LogP contribution in [-0.4, -0.2) is 15.0 Å². The van der Waals surface area contributed by atoms with E-state index in [1.807, 2.05) is 0 Å². The summed E-state index contributed by atoms with van der Waals surface area (Å²) < 4.78 is 38.1. The molecule has 0 fully saturated rings. The van der Waals surface area contributed by atoms with Crippen LogP contribution in [0.25, 0.3) is 5.69 Å². The molecule has 16 heavy (non-hydrogen) atoms. The Bertz CT molecular complexity index is 486. The molecule has 1 heterocycles. The van der Waals surface area contributed by atoms with E-state index in [1.165, 1.54) is 23.0 Å². The van der Waals surface area contributed by atoms with Gasteiger partial charge in [0, 0.05) is 0 Å². The van der Waals surface area contributed by atoms with Gasteiger partial charge in [-0.1, -0.05) is 5.21 Å². The van der Waals surface area contributed by atoms with E-state index in [-0.39, 0.29) is 5.82 Å². The highest BCUT2D eigenvalue weighted by Crippen LogP contribution is 2.29. The van der Waals surface area contributed by atoms with Gasteiger partial charge in [0.1, 0.15) is 0 Å². The Labute approximate surface area is 88.5 Å². The lowest BCUT2D eigenvalue weighted by Gasteiger charge is -2.06. The van der Waals surface area contributed by atoms with E-state index in [9.17, 15) is 13.2 Å². The van der Waals surface area contributed by atoms with Gasteiger partial charge in [0.05, 0.1) is 17.4 Å². The van der Waals surface area contributed by atoms with Crippen molar-refractivity contribution in [2.75, 3.05) is 5.73 Å². The lowest BCUT2D eigenvalue weighted by Crippen LogP contribution is -2.05. The van der Waals surface area contributed by atoms with Crippen molar-refractivity contribution in [1.82, 2.24) is 15.0 Å². The first-order valence-electron chi connectivity index (χ1n) is 4.32. The van der Waals surface area contributed by atoms with Gasteiger partial charge in [-0.05, 0) is 24.3 Å². The highest BCUT2D eigenvalue weighted by Gasteiger charge is 2.29. The SMILES string of the molecule is Nc1cn(-c2ccc(C(F)(F)F)cc2)nn1. The second kappa shape index (κ2) is 3.51. The molecular formula is C9H7F3N4. The van der Waals surface area contributed by atoms with Gasteiger partial charge in [0.25, 0.3) is 0 Å². The molecule has 0 aliphatic rings. The minimum Gasteiger partial charge on any atom is -0.381 e. The molecule has 0 amide bonds. The van der Waals surface area contributed by atoms with Crippen LogP contribution < -0.4 is 5.73 Å². The van der Waals surface area contributed by atoms with Gasteiger partial charge < -0.3 is 5.73 Å². The average molecular weight is 228 g/mol. The molecule has 0 spiro atoms. The van der Waals surface area contributed by atoms with Crippen molar-refractivity contribution in [2.45, 2.75) is 6.18 Å². The van der Waals surface area contributed by atoms with Gasteiger partial charge in [-0.2, -0.15) is 13.2 Å². The molecule has 0 bridgehead atoms. The van der Waals surface area contributed by atoms with Crippen LogP contribution in [-0.2, 0) is 6.18 Å². The quantitative estimate of drug-likeness (QED) is 0.810. The Morgan fingerprint density at radius 2 is 1.75 bits per heavy atom. The molecule has 0 radical (unpaired) electrons. The standard InChI is InChI=1S/C9H7F3N4/c10-9(11,12)6-1-3-7(4-2-6)16-5-8(13)14-15-16/h1-5H,13H2. The number of alkyl halides is 3. The van der Waals surface area contributed by atoms with E-state index in [4.69, 9.17) is 5.73 Å². The summed E-state index contributed by atoms with van der Waals surface area (Å²) in [6.07, 6.45) is -2.91. The minimum atomic E-state index is -4.33. The summed E-state index contributed by atoms with van der Waals surface area (Å²) in [5.74, 6) is 0.208. The third-order valence-corrected chi connectivity index (χ3v) is 1.97. The maximum absolute atomic E-state index is 12.3. The van der Waals surface area contributed by atoms with Crippen molar-refractivity contribution in [2.24, 2.45) is 0 Å². The van der Waals surface area contributed by atoms with Gasteiger partial charge in [-0.3, -0.25) is 0 Å². The first kappa shape index (κ1) is 10.5. The summed E-state index contributed by atoms with van der Waals surface area (Å²) in [6, 6.07) is 4.56. The summed E-state index contributed by atoms with van der Waals surface area (Å²) >= 11 is 0. The van der Waals surface area contributed by atoms with E-state index in [2.05, 4.69) is 10.3 Å². The zero-order valence-electron chi connectivity index (χ0n) is 7.94. The van der Waals surface area contributed by atoms with Crippen molar-refractivity contribution in [3.05, 3.63) is 36.0 Å². The first-order valence-corrected chi connectivity index (χ1v) is 4.32. The topological polar surface area (TPSA) is 56.7 Å². The molecule has 7 heteroatoms. The highest BCUT2D eigenvalue weighted by molar-refractivity contribution is 5.36. The summed E-state index contributed by atoms with van der Waals surface area (Å²) in [5, 5.41) is 7.17.